The number of H-pyrrole nitrogens is 1. The number of aromatic nitrogens is 4. The molecule has 1 amide bonds. The van der Waals surface area contributed by atoms with Gasteiger partial charge in [-0.3, -0.25) is 4.79 Å². The van der Waals surface area contributed by atoms with Crippen LogP contribution < -0.4 is 10.6 Å². The summed E-state index contributed by atoms with van der Waals surface area (Å²) in [4.78, 5) is 30.0. The fourth-order valence-electron chi connectivity index (χ4n) is 4.88. The van der Waals surface area contributed by atoms with E-state index in [1.54, 1.807) is 38.4 Å². The molecule has 1 aliphatic carbocycles. The highest BCUT2D eigenvalue weighted by Crippen LogP contribution is 2.35. The second-order valence-electron chi connectivity index (χ2n) is 10.4. The van der Waals surface area contributed by atoms with Gasteiger partial charge >= 0.3 is 0 Å². The Morgan fingerprint density at radius 1 is 1.13 bits per heavy atom. The van der Waals surface area contributed by atoms with Crippen molar-refractivity contribution in [3.05, 3.63) is 48.2 Å². The minimum atomic E-state index is -0.841. The first-order valence-corrected chi connectivity index (χ1v) is 13.4. The molecule has 1 aromatic carbocycles. The van der Waals surface area contributed by atoms with Crippen LogP contribution in [0.2, 0.25) is 0 Å². The second-order valence-corrected chi connectivity index (χ2v) is 10.4. The molecule has 5 rings (SSSR count). The third-order valence-electron chi connectivity index (χ3n) is 7.16. The molecule has 0 spiro atoms. The van der Waals surface area contributed by atoms with Crippen molar-refractivity contribution in [3.8, 4) is 22.6 Å². The van der Waals surface area contributed by atoms with E-state index >= 15 is 0 Å². The third-order valence-corrected chi connectivity index (χ3v) is 7.16. The van der Waals surface area contributed by atoms with Crippen molar-refractivity contribution in [2.24, 2.45) is 5.41 Å². The first-order chi connectivity index (χ1) is 18.9. The normalized spacial score (nSPS) is 22.0. The molecule has 3 aromatic rings. The number of hydrogen-bond acceptors (Lipinski definition) is 8. The van der Waals surface area contributed by atoms with E-state index in [-0.39, 0.29) is 24.9 Å². The van der Waals surface area contributed by atoms with Crippen molar-refractivity contribution in [1.82, 2.24) is 25.3 Å². The van der Waals surface area contributed by atoms with Crippen molar-refractivity contribution < 1.29 is 23.4 Å². The Labute approximate surface area is 227 Å². The van der Waals surface area contributed by atoms with Gasteiger partial charge in [0.15, 0.2) is 5.82 Å². The summed E-state index contributed by atoms with van der Waals surface area (Å²) in [5, 5.41) is 6.31. The lowest BCUT2D eigenvalue weighted by Gasteiger charge is -2.35. The molecular formula is C28H35FN6O4. The van der Waals surface area contributed by atoms with Crippen molar-refractivity contribution in [3.63, 3.8) is 0 Å². The lowest BCUT2D eigenvalue weighted by molar-refractivity contribution is -0.231. The number of nitrogens with one attached hydrogen (secondary N) is 3. The van der Waals surface area contributed by atoms with Gasteiger partial charge in [-0.1, -0.05) is 19.3 Å². The number of nitrogens with zero attached hydrogens (tertiary/aromatic N) is 3. The summed E-state index contributed by atoms with van der Waals surface area (Å²) < 4.78 is 30.7. The molecule has 0 bridgehead atoms. The van der Waals surface area contributed by atoms with Crippen molar-refractivity contribution >= 4 is 11.9 Å². The zero-order chi connectivity index (χ0) is 27.2. The van der Waals surface area contributed by atoms with Gasteiger partial charge in [-0.25, -0.2) is 19.3 Å². The van der Waals surface area contributed by atoms with Crippen LogP contribution >= 0.6 is 0 Å². The smallest absolute Gasteiger partial charge is 0.230 e. The topological polar surface area (TPSA) is 123 Å². The highest BCUT2D eigenvalue weighted by Gasteiger charge is 2.40. The molecule has 0 unspecified atom stereocenters. The van der Waals surface area contributed by atoms with E-state index < -0.39 is 11.7 Å². The van der Waals surface area contributed by atoms with Gasteiger partial charge < -0.3 is 29.8 Å². The maximum absolute atomic E-state index is 13.7. The predicted octanol–water partition coefficient (Wildman–Crippen LogP) is 4.23. The average molecular weight is 539 g/mol. The molecule has 0 atom stereocenters. The summed E-state index contributed by atoms with van der Waals surface area (Å²) in [5.74, 6) is 0.496. The first kappa shape index (κ1) is 27.2. The number of amides is 1. The number of halogens is 1. The monoisotopic (exact) mass is 538 g/mol. The van der Waals surface area contributed by atoms with Gasteiger partial charge in [0.2, 0.25) is 18.1 Å². The molecule has 2 aromatic heterocycles. The number of carbonyl (C=O) groups is 1. The molecule has 1 saturated carbocycles. The van der Waals surface area contributed by atoms with E-state index in [2.05, 4.69) is 20.6 Å². The quantitative estimate of drug-likeness (QED) is 0.346. The summed E-state index contributed by atoms with van der Waals surface area (Å²) in [6, 6.07) is 8.29. The van der Waals surface area contributed by atoms with Gasteiger partial charge in [0.25, 0.3) is 0 Å². The minimum Gasteiger partial charge on any atom is -0.383 e. The maximum atomic E-state index is 13.7. The Morgan fingerprint density at radius 2 is 1.87 bits per heavy atom. The lowest BCUT2D eigenvalue weighted by atomic mass is 9.91. The van der Waals surface area contributed by atoms with Gasteiger partial charge in [-0.05, 0) is 50.1 Å². The molecule has 208 valence electrons. The molecule has 11 heteroatoms. The Kier molecular flexibility index (Phi) is 8.49. The number of rotatable bonds is 9. The fraction of sp³-hybridized carbons (Fsp3) is 0.500. The second kappa shape index (κ2) is 12.2. The van der Waals surface area contributed by atoms with Crippen LogP contribution in [0.5, 0.6) is 0 Å². The van der Waals surface area contributed by atoms with E-state index in [0.717, 1.165) is 12.8 Å². The van der Waals surface area contributed by atoms with Crippen LogP contribution in [0.4, 0.5) is 10.3 Å². The molecule has 39 heavy (non-hydrogen) atoms. The number of imidazole rings is 1. The van der Waals surface area contributed by atoms with E-state index in [1.807, 2.05) is 0 Å². The van der Waals surface area contributed by atoms with E-state index in [1.165, 1.54) is 31.4 Å². The number of anilines is 1. The van der Waals surface area contributed by atoms with Crippen LogP contribution in [0.3, 0.4) is 0 Å². The molecular weight excluding hydrogens is 503 g/mol. The molecule has 3 heterocycles. The molecule has 2 fully saturated rings. The van der Waals surface area contributed by atoms with Crippen LogP contribution in [0, 0.1) is 11.2 Å². The Morgan fingerprint density at radius 3 is 2.59 bits per heavy atom. The van der Waals surface area contributed by atoms with Gasteiger partial charge in [-0.15, -0.1) is 0 Å². The van der Waals surface area contributed by atoms with Crippen LogP contribution in [-0.2, 0) is 19.0 Å². The van der Waals surface area contributed by atoms with Gasteiger partial charge in [0.05, 0.1) is 42.3 Å². The Bertz CT molecular complexity index is 1250. The van der Waals surface area contributed by atoms with Crippen molar-refractivity contribution in [2.75, 3.05) is 38.8 Å². The van der Waals surface area contributed by atoms with E-state index in [9.17, 15) is 9.18 Å². The highest BCUT2D eigenvalue weighted by molar-refractivity contribution is 5.82. The zero-order valence-corrected chi connectivity index (χ0v) is 22.3. The summed E-state index contributed by atoms with van der Waals surface area (Å²) in [6.07, 6.45) is 6.77. The van der Waals surface area contributed by atoms with Crippen LogP contribution in [0.1, 0.15) is 51.1 Å². The third kappa shape index (κ3) is 6.43. The van der Waals surface area contributed by atoms with Crippen LogP contribution in [0.25, 0.3) is 22.6 Å². The SMILES string of the molecule is COCCNC(=O)C1(C)COC(c2nc(-c3ccc(F)cc3)c(-c3ccnc(NC4CCCCC4)n3)[nH]2)OC1. The number of hydrogen-bond donors (Lipinski definition) is 3. The molecule has 1 aliphatic heterocycles. The molecule has 3 N–H and O–H groups in total. The predicted molar refractivity (Wildman–Crippen MR) is 143 cm³/mol. The first-order valence-electron chi connectivity index (χ1n) is 13.4. The van der Waals surface area contributed by atoms with Crippen LogP contribution in [0.15, 0.2) is 36.5 Å². The van der Waals surface area contributed by atoms with Crippen molar-refractivity contribution in [2.45, 2.75) is 51.4 Å². The molecule has 10 nitrogen and oxygen atoms in total. The Balaban J connectivity index is 1.38. The highest BCUT2D eigenvalue weighted by atomic mass is 19.1. The molecule has 1 saturated heterocycles. The number of benzene rings is 1. The Hall–Kier alpha value is -3.41. The van der Waals surface area contributed by atoms with Crippen LogP contribution in [-0.4, -0.2) is 65.4 Å². The lowest BCUT2D eigenvalue weighted by Crippen LogP contribution is -2.49. The number of carbonyl (C=O) groups excluding carboxylic acids is 1. The minimum absolute atomic E-state index is 0.154. The van der Waals surface area contributed by atoms with Gasteiger partial charge in [0, 0.05) is 31.5 Å². The largest absolute Gasteiger partial charge is 0.383 e. The summed E-state index contributed by atoms with van der Waals surface area (Å²) in [5.41, 5.74) is 1.74. The average Bonchev–Trinajstić information content (AvgIpc) is 3.40. The number of aromatic amines is 1. The molecule has 2 aliphatic rings. The van der Waals surface area contributed by atoms with Gasteiger partial charge in [0.1, 0.15) is 5.82 Å². The maximum Gasteiger partial charge on any atom is 0.230 e. The standard InChI is InChI=1S/C28H35FN6O4/c1-28(26(36)30-14-15-37-2)16-38-25(39-17-28)24-34-22(18-8-10-19(29)11-9-18)23(35-24)21-12-13-31-27(33-21)32-20-6-4-3-5-7-20/h8-13,20,25H,3-7,14-17H2,1-2H3,(H,30,36)(H,34,35)(H,31,32,33). The van der Waals surface area contributed by atoms with E-state index in [0.29, 0.717) is 53.6 Å². The summed E-state index contributed by atoms with van der Waals surface area (Å²) in [6.45, 7) is 2.94. The van der Waals surface area contributed by atoms with Crippen molar-refractivity contribution in [1.29, 1.82) is 0 Å². The molecule has 0 radical (unpaired) electrons. The zero-order valence-electron chi connectivity index (χ0n) is 22.3. The summed E-state index contributed by atoms with van der Waals surface area (Å²) in [7, 11) is 1.58. The fourth-order valence-corrected chi connectivity index (χ4v) is 4.88. The van der Waals surface area contributed by atoms with E-state index in [4.69, 9.17) is 24.2 Å². The number of methoxy groups -OCH3 is 1. The number of ether oxygens (including phenoxy) is 3. The van der Waals surface area contributed by atoms with Gasteiger partial charge in [-0.2, -0.15) is 0 Å². The summed E-state index contributed by atoms with van der Waals surface area (Å²) >= 11 is 0.